The summed E-state index contributed by atoms with van der Waals surface area (Å²) in [5.74, 6) is 0. The van der Waals surface area contributed by atoms with E-state index in [4.69, 9.17) is 0 Å². The Labute approximate surface area is 135 Å². The van der Waals surface area contributed by atoms with E-state index in [2.05, 4.69) is 18.3 Å². The largest absolute Gasteiger partial charge is 0.416 e. The molecule has 1 aromatic carbocycles. The summed E-state index contributed by atoms with van der Waals surface area (Å²) in [6.07, 6.45) is 4.87. The SMILES string of the molecule is CCCCNC1=CCC=CC(c2ccc(C(F)(F)F)cc2)=C1C. The Balaban J connectivity index is 2.28. The van der Waals surface area contributed by atoms with E-state index in [-0.39, 0.29) is 0 Å². The smallest absolute Gasteiger partial charge is 0.385 e. The molecule has 23 heavy (non-hydrogen) atoms. The van der Waals surface area contributed by atoms with Crippen LogP contribution in [0.1, 0.15) is 44.2 Å². The zero-order valence-electron chi connectivity index (χ0n) is 13.5. The standard InChI is InChI=1S/C19H22F3N/c1-3-4-13-23-18-8-6-5-7-17(14(18)2)15-9-11-16(12-10-15)19(20,21)22/h5,7-12,23H,3-4,6,13H2,1-2H3. The maximum Gasteiger partial charge on any atom is 0.416 e. The van der Waals surface area contributed by atoms with Crippen LogP contribution in [0.2, 0.25) is 0 Å². The lowest BCUT2D eigenvalue weighted by Gasteiger charge is -2.15. The van der Waals surface area contributed by atoms with Gasteiger partial charge in [-0.1, -0.05) is 43.7 Å². The van der Waals surface area contributed by atoms with Gasteiger partial charge in [0.25, 0.3) is 0 Å². The molecule has 1 aliphatic rings. The Bertz CT molecular complexity index is 619. The van der Waals surface area contributed by atoms with Crippen LogP contribution in [0.15, 0.2) is 53.8 Å². The highest BCUT2D eigenvalue weighted by molar-refractivity contribution is 5.79. The summed E-state index contributed by atoms with van der Waals surface area (Å²) < 4.78 is 38.1. The van der Waals surface area contributed by atoms with Crippen molar-refractivity contribution < 1.29 is 13.2 Å². The van der Waals surface area contributed by atoms with Gasteiger partial charge in [-0.3, -0.25) is 0 Å². The van der Waals surface area contributed by atoms with Gasteiger partial charge in [0.05, 0.1) is 5.56 Å². The number of halogens is 3. The number of rotatable bonds is 5. The summed E-state index contributed by atoms with van der Waals surface area (Å²) >= 11 is 0. The fourth-order valence-electron chi connectivity index (χ4n) is 2.55. The van der Waals surface area contributed by atoms with Gasteiger partial charge in [0.2, 0.25) is 0 Å². The summed E-state index contributed by atoms with van der Waals surface area (Å²) in [6, 6.07) is 5.37. The molecule has 0 atom stereocenters. The number of nitrogens with one attached hydrogen (secondary N) is 1. The fourth-order valence-corrected chi connectivity index (χ4v) is 2.55. The van der Waals surface area contributed by atoms with Gasteiger partial charge in [0.15, 0.2) is 0 Å². The molecule has 0 fully saturated rings. The zero-order chi connectivity index (χ0) is 16.9. The minimum absolute atomic E-state index is 0.617. The first kappa shape index (κ1) is 17.4. The first-order valence-electron chi connectivity index (χ1n) is 7.93. The van der Waals surface area contributed by atoms with E-state index in [1.165, 1.54) is 0 Å². The number of hydrogen-bond donors (Lipinski definition) is 1. The van der Waals surface area contributed by atoms with E-state index in [0.717, 1.165) is 60.3 Å². The van der Waals surface area contributed by atoms with Gasteiger partial charge in [-0.2, -0.15) is 13.2 Å². The second kappa shape index (κ2) is 7.53. The first-order chi connectivity index (χ1) is 10.9. The van der Waals surface area contributed by atoms with Crippen LogP contribution < -0.4 is 5.32 Å². The molecule has 0 bridgehead atoms. The Morgan fingerprint density at radius 3 is 2.43 bits per heavy atom. The second-order valence-electron chi connectivity index (χ2n) is 5.65. The van der Waals surface area contributed by atoms with Crippen molar-refractivity contribution in [2.45, 2.75) is 39.3 Å². The van der Waals surface area contributed by atoms with Crippen LogP contribution in [-0.2, 0) is 6.18 Å². The van der Waals surface area contributed by atoms with E-state index >= 15 is 0 Å². The molecule has 0 aromatic heterocycles. The highest BCUT2D eigenvalue weighted by Gasteiger charge is 2.30. The van der Waals surface area contributed by atoms with Crippen molar-refractivity contribution in [2.24, 2.45) is 0 Å². The molecule has 1 nitrogen and oxygen atoms in total. The molecule has 0 radical (unpaired) electrons. The van der Waals surface area contributed by atoms with Crippen LogP contribution in [0, 0.1) is 0 Å². The molecule has 124 valence electrons. The summed E-state index contributed by atoms with van der Waals surface area (Å²) in [6.45, 7) is 5.05. The van der Waals surface area contributed by atoms with E-state index in [1.807, 2.05) is 19.1 Å². The first-order valence-corrected chi connectivity index (χ1v) is 7.93. The molecule has 0 spiro atoms. The Morgan fingerprint density at radius 2 is 1.83 bits per heavy atom. The number of alkyl halides is 3. The monoisotopic (exact) mass is 321 g/mol. The van der Waals surface area contributed by atoms with Crippen molar-refractivity contribution in [2.75, 3.05) is 6.54 Å². The van der Waals surface area contributed by atoms with Crippen LogP contribution in [-0.4, -0.2) is 6.54 Å². The van der Waals surface area contributed by atoms with Crippen LogP contribution in [0.25, 0.3) is 5.57 Å². The van der Waals surface area contributed by atoms with Gasteiger partial charge in [0.1, 0.15) is 0 Å². The number of unbranched alkanes of at least 4 members (excludes halogenated alkanes) is 1. The molecule has 0 aliphatic heterocycles. The molecule has 0 amide bonds. The third kappa shape index (κ3) is 4.50. The van der Waals surface area contributed by atoms with Crippen molar-refractivity contribution in [3.63, 3.8) is 0 Å². The lowest BCUT2D eigenvalue weighted by atomic mass is 9.98. The summed E-state index contributed by atoms with van der Waals surface area (Å²) in [7, 11) is 0. The van der Waals surface area contributed by atoms with Crippen LogP contribution in [0.5, 0.6) is 0 Å². The van der Waals surface area contributed by atoms with Crippen molar-refractivity contribution in [1.82, 2.24) is 5.32 Å². The van der Waals surface area contributed by atoms with Gasteiger partial charge in [-0.05, 0) is 48.6 Å². The minimum Gasteiger partial charge on any atom is -0.385 e. The van der Waals surface area contributed by atoms with Crippen LogP contribution in [0.3, 0.4) is 0 Å². The van der Waals surface area contributed by atoms with Crippen molar-refractivity contribution in [3.05, 3.63) is 64.9 Å². The van der Waals surface area contributed by atoms with Crippen LogP contribution in [0.4, 0.5) is 13.2 Å². The van der Waals surface area contributed by atoms with Crippen LogP contribution >= 0.6 is 0 Å². The van der Waals surface area contributed by atoms with Crippen molar-refractivity contribution in [3.8, 4) is 0 Å². The van der Waals surface area contributed by atoms with E-state index in [0.29, 0.717) is 0 Å². The average Bonchev–Trinajstić information content (AvgIpc) is 2.69. The maximum atomic E-state index is 12.7. The Morgan fingerprint density at radius 1 is 1.13 bits per heavy atom. The van der Waals surface area contributed by atoms with Gasteiger partial charge < -0.3 is 5.32 Å². The molecule has 0 unspecified atom stereocenters. The highest BCUT2D eigenvalue weighted by Crippen LogP contribution is 2.32. The summed E-state index contributed by atoms with van der Waals surface area (Å²) in [4.78, 5) is 0. The molecule has 0 heterocycles. The second-order valence-corrected chi connectivity index (χ2v) is 5.65. The fraction of sp³-hybridized carbons (Fsp3) is 0.368. The topological polar surface area (TPSA) is 12.0 Å². The zero-order valence-corrected chi connectivity index (χ0v) is 13.5. The normalized spacial score (nSPS) is 15.4. The predicted molar refractivity (Wildman–Crippen MR) is 88.8 cm³/mol. The lowest BCUT2D eigenvalue weighted by Crippen LogP contribution is -2.16. The number of allylic oxidation sites excluding steroid dienone is 5. The summed E-state index contributed by atoms with van der Waals surface area (Å²) in [5.41, 5.74) is 3.28. The molecular weight excluding hydrogens is 299 g/mol. The van der Waals surface area contributed by atoms with Crippen molar-refractivity contribution in [1.29, 1.82) is 0 Å². The molecule has 1 aliphatic carbocycles. The predicted octanol–water partition coefficient (Wildman–Crippen LogP) is 5.71. The van der Waals surface area contributed by atoms with Gasteiger partial charge in [-0.15, -0.1) is 0 Å². The lowest BCUT2D eigenvalue weighted by molar-refractivity contribution is -0.137. The van der Waals surface area contributed by atoms with E-state index in [9.17, 15) is 13.2 Å². The molecule has 2 rings (SSSR count). The average molecular weight is 321 g/mol. The quantitative estimate of drug-likeness (QED) is 0.685. The number of benzene rings is 1. The molecule has 0 saturated heterocycles. The Kier molecular flexibility index (Phi) is 5.69. The third-order valence-corrected chi connectivity index (χ3v) is 3.92. The minimum atomic E-state index is -4.30. The van der Waals surface area contributed by atoms with Gasteiger partial charge in [-0.25, -0.2) is 0 Å². The van der Waals surface area contributed by atoms with Gasteiger partial charge in [0, 0.05) is 12.2 Å². The van der Waals surface area contributed by atoms with Crippen molar-refractivity contribution >= 4 is 5.57 Å². The number of hydrogen-bond acceptors (Lipinski definition) is 1. The van der Waals surface area contributed by atoms with E-state index < -0.39 is 11.7 Å². The molecule has 4 heteroatoms. The van der Waals surface area contributed by atoms with E-state index in [1.54, 1.807) is 12.1 Å². The van der Waals surface area contributed by atoms with Gasteiger partial charge >= 0.3 is 6.18 Å². The molecule has 0 saturated carbocycles. The Hall–Kier alpha value is -1.97. The summed E-state index contributed by atoms with van der Waals surface area (Å²) in [5, 5.41) is 3.43. The molecule has 1 N–H and O–H groups in total. The maximum absolute atomic E-state index is 12.7. The molecular formula is C19H22F3N. The molecule has 1 aromatic rings. The highest BCUT2D eigenvalue weighted by atomic mass is 19.4. The third-order valence-electron chi connectivity index (χ3n) is 3.92.